The van der Waals surface area contributed by atoms with Gasteiger partial charge in [0.2, 0.25) is 11.6 Å². The van der Waals surface area contributed by atoms with E-state index in [9.17, 15) is 14.4 Å². The lowest BCUT2D eigenvalue weighted by molar-refractivity contribution is -0.136. The summed E-state index contributed by atoms with van der Waals surface area (Å²) >= 11 is 0. The first kappa shape index (κ1) is 13.1. The van der Waals surface area contributed by atoms with Crippen molar-refractivity contribution in [1.82, 2.24) is 0 Å². The van der Waals surface area contributed by atoms with E-state index in [0.717, 1.165) is 0 Å². The average Bonchev–Trinajstić information content (AvgIpc) is 2.39. The Kier molecular flexibility index (Phi) is 3.47. The molecule has 0 bridgehead atoms. The van der Waals surface area contributed by atoms with Gasteiger partial charge >= 0.3 is 0 Å². The van der Waals surface area contributed by atoms with Gasteiger partial charge in [0.05, 0.1) is 5.41 Å². The van der Waals surface area contributed by atoms with Crippen LogP contribution in [0.3, 0.4) is 0 Å². The molecule has 0 aromatic rings. The van der Waals surface area contributed by atoms with Crippen molar-refractivity contribution < 1.29 is 14.4 Å². The molecule has 0 N–H and O–H groups in total. The van der Waals surface area contributed by atoms with Gasteiger partial charge in [-0.1, -0.05) is 11.8 Å². The summed E-state index contributed by atoms with van der Waals surface area (Å²) in [7, 11) is 0. The predicted octanol–water partition coefficient (Wildman–Crippen LogP) is 1.63. The second-order valence-electron chi connectivity index (χ2n) is 4.52. The van der Waals surface area contributed by atoms with Gasteiger partial charge in [0.1, 0.15) is 6.29 Å². The van der Waals surface area contributed by atoms with E-state index < -0.39 is 17.0 Å². The normalized spacial score (nSPS) is 19.2. The molecule has 0 aliphatic heterocycles. The molecule has 3 nitrogen and oxygen atoms in total. The van der Waals surface area contributed by atoms with E-state index >= 15 is 0 Å². The Hall–Kier alpha value is -1.95. The molecule has 0 saturated heterocycles. The molecule has 0 amide bonds. The molecule has 17 heavy (non-hydrogen) atoms. The largest absolute Gasteiger partial charge is 0.299 e. The number of allylic oxidation sites excluding steroid dienone is 4. The minimum absolute atomic E-state index is 0.409. The maximum atomic E-state index is 11.7. The number of Topliss-reactive ketones (excluding diaryl/α,β-unsaturated/α-hetero) is 2. The molecule has 0 radical (unpaired) electrons. The SMILES string of the molecule is CC1=C(C#C/C(C)=C/C=O)C(C)(C)C(=O)C1=O. The lowest BCUT2D eigenvalue weighted by Crippen LogP contribution is -2.25. The number of ketones is 2. The van der Waals surface area contributed by atoms with Crippen LogP contribution in [0.4, 0.5) is 0 Å². The molecule has 0 saturated carbocycles. The zero-order valence-electron chi connectivity index (χ0n) is 10.4. The third-order valence-corrected chi connectivity index (χ3v) is 2.82. The van der Waals surface area contributed by atoms with Crippen molar-refractivity contribution in [2.24, 2.45) is 5.41 Å². The van der Waals surface area contributed by atoms with Crippen LogP contribution >= 0.6 is 0 Å². The molecular formula is C14H14O3. The maximum absolute atomic E-state index is 11.7. The smallest absolute Gasteiger partial charge is 0.226 e. The highest BCUT2D eigenvalue weighted by Gasteiger charge is 2.44. The fourth-order valence-corrected chi connectivity index (χ4v) is 1.70. The van der Waals surface area contributed by atoms with E-state index in [1.165, 1.54) is 6.08 Å². The first-order valence-electron chi connectivity index (χ1n) is 5.27. The first-order valence-corrected chi connectivity index (χ1v) is 5.27. The molecule has 1 rings (SSSR count). The van der Waals surface area contributed by atoms with E-state index in [2.05, 4.69) is 11.8 Å². The number of carbonyl (C=O) groups excluding carboxylic acids is 3. The van der Waals surface area contributed by atoms with E-state index in [0.29, 0.717) is 23.0 Å². The van der Waals surface area contributed by atoms with Crippen LogP contribution in [0.5, 0.6) is 0 Å². The Labute approximate surface area is 101 Å². The molecule has 0 fully saturated rings. The molecule has 0 aromatic carbocycles. The van der Waals surface area contributed by atoms with Crippen molar-refractivity contribution in [3.05, 3.63) is 22.8 Å². The van der Waals surface area contributed by atoms with Crippen LogP contribution in [-0.4, -0.2) is 17.9 Å². The van der Waals surface area contributed by atoms with E-state index in [1.54, 1.807) is 27.7 Å². The lowest BCUT2D eigenvalue weighted by atomic mass is 9.84. The van der Waals surface area contributed by atoms with Gasteiger partial charge in [0, 0.05) is 16.7 Å². The highest BCUT2D eigenvalue weighted by molar-refractivity contribution is 6.48. The zero-order chi connectivity index (χ0) is 13.2. The van der Waals surface area contributed by atoms with Crippen LogP contribution in [0.1, 0.15) is 27.7 Å². The van der Waals surface area contributed by atoms with Crippen LogP contribution < -0.4 is 0 Å². The van der Waals surface area contributed by atoms with Gasteiger partial charge in [-0.15, -0.1) is 0 Å². The predicted molar refractivity (Wildman–Crippen MR) is 64.1 cm³/mol. The van der Waals surface area contributed by atoms with Gasteiger partial charge in [-0.3, -0.25) is 14.4 Å². The Balaban J connectivity index is 3.22. The molecular weight excluding hydrogens is 216 g/mol. The standard InChI is InChI=1S/C14H14O3/c1-9(7-8-15)5-6-11-10(2)12(16)13(17)14(11,3)4/h7-8H,1-4H3/b9-7+. The Bertz CT molecular complexity index is 519. The molecule has 88 valence electrons. The molecule has 0 heterocycles. The first-order chi connectivity index (χ1) is 7.82. The number of aldehydes is 1. The summed E-state index contributed by atoms with van der Waals surface area (Å²) < 4.78 is 0. The van der Waals surface area contributed by atoms with Crippen molar-refractivity contribution in [3.8, 4) is 11.8 Å². The van der Waals surface area contributed by atoms with Gasteiger partial charge in [0.15, 0.2) is 0 Å². The molecule has 1 aliphatic rings. The summed E-state index contributed by atoms with van der Waals surface area (Å²) in [6.07, 6.45) is 2.00. The fourth-order valence-electron chi connectivity index (χ4n) is 1.70. The quantitative estimate of drug-likeness (QED) is 0.298. The zero-order valence-corrected chi connectivity index (χ0v) is 10.4. The highest BCUT2D eigenvalue weighted by atomic mass is 16.2. The minimum atomic E-state index is -0.852. The molecule has 0 atom stereocenters. The third kappa shape index (κ3) is 2.26. The summed E-state index contributed by atoms with van der Waals surface area (Å²) in [5.41, 5.74) is 0.704. The van der Waals surface area contributed by atoms with E-state index in [4.69, 9.17) is 0 Å². The van der Waals surface area contributed by atoms with Gasteiger partial charge in [-0.25, -0.2) is 0 Å². The number of carbonyl (C=O) groups is 3. The van der Waals surface area contributed by atoms with Crippen molar-refractivity contribution in [3.63, 3.8) is 0 Å². The molecule has 3 heteroatoms. The minimum Gasteiger partial charge on any atom is -0.299 e. The van der Waals surface area contributed by atoms with Gasteiger partial charge in [-0.05, 0) is 33.8 Å². The van der Waals surface area contributed by atoms with Crippen molar-refractivity contribution in [1.29, 1.82) is 0 Å². The van der Waals surface area contributed by atoms with Crippen LogP contribution in [0.2, 0.25) is 0 Å². The second-order valence-corrected chi connectivity index (χ2v) is 4.52. The van der Waals surface area contributed by atoms with Gasteiger partial charge in [0.25, 0.3) is 0 Å². The Morgan fingerprint density at radius 2 is 1.88 bits per heavy atom. The molecule has 0 spiro atoms. The Morgan fingerprint density at radius 1 is 1.29 bits per heavy atom. The second kappa shape index (κ2) is 4.50. The van der Waals surface area contributed by atoms with E-state index in [-0.39, 0.29) is 0 Å². The van der Waals surface area contributed by atoms with Crippen LogP contribution in [0.15, 0.2) is 22.8 Å². The van der Waals surface area contributed by atoms with Gasteiger partial charge in [-0.2, -0.15) is 0 Å². The topological polar surface area (TPSA) is 51.2 Å². The highest BCUT2D eigenvalue weighted by Crippen LogP contribution is 2.36. The summed E-state index contributed by atoms with van der Waals surface area (Å²) in [5.74, 6) is 4.72. The monoisotopic (exact) mass is 230 g/mol. The lowest BCUT2D eigenvalue weighted by Gasteiger charge is -2.15. The van der Waals surface area contributed by atoms with Crippen LogP contribution in [0, 0.1) is 17.3 Å². The molecule has 0 aromatic heterocycles. The fraction of sp³-hybridized carbons (Fsp3) is 0.357. The van der Waals surface area contributed by atoms with Crippen molar-refractivity contribution in [2.75, 3.05) is 0 Å². The summed E-state index contributed by atoms with van der Waals surface area (Å²) in [6.45, 7) is 6.68. The maximum Gasteiger partial charge on any atom is 0.226 e. The average molecular weight is 230 g/mol. The van der Waals surface area contributed by atoms with Crippen LogP contribution in [-0.2, 0) is 14.4 Å². The summed E-state index contributed by atoms with van der Waals surface area (Å²) in [6, 6.07) is 0. The summed E-state index contributed by atoms with van der Waals surface area (Å²) in [5, 5.41) is 0. The molecule has 1 aliphatic carbocycles. The van der Waals surface area contributed by atoms with Crippen LogP contribution in [0.25, 0.3) is 0 Å². The van der Waals surface area contributed by atoms with Crippen molar-refractivity contribution >= 4 is 17.9 Å². The number of hydrogen-bond acceptors (Lipinski definition) is 3. The summed E-state index contributed by atoms with van der Waals surface area (Å²) in [4.78, 5) is 33.5. The Morgan fingerprint density at radius 3 is 2.29 bits per heavy atom. The number of hydrogen-bond donors (Lipinski definition) is 0. The van der Waals surface area contributed by atoms with E-state index in [1.807, 2.05) is 0 Å². The third-order valence-electron chi connectivity index (χ3n) is 2.82. The number of rotatable bonds is 1. The van der Waals surface area contributed by atoms with Crippen molar-refractivity contribution in [2.45, 2.75) is 27.7 Å². The van der Waals surface area contributed by atoms with Gasteiger partial charge < -0.3 is 0 Å². The molecule has 0 unspecified atom stereocenters.